The molecule has 0 amide bonds. The van der Waals surface area contributed by atoms with Gasteiger partial charge < -0.3 is 5.32 Å². The van der Waals surface area contributed by atoms with Crippen LogP contribution in [-0.2, 0) is 0 Å². The Balaban J connectivity index is 2.12. The maximum atomic E-state index is 3.67. The van der Waals surface area contributed by atoms with Crippen LogP contribution >= 0.6 is 11.3 Å². The van der Waals surface area contributed by atoms with Crippen LogP contribution in [0.2, 0.25) is 0 Å². The monoisotopic (exact) mass is 293 g/mol. The number of hydrogen-bond acceptors (Lipinski definition) is 2. The molecule has 1 aromatic heterocycles. The predicted octanol–water partition coefficient (Wildman–Crippen LogP) is 5.21. The largest absolute Gasteiger partial charge is 0.314 e. The fourth-order valence-electron chi connectivity index (χ4n) is 3.66. The predicted molar refractivity (Wildman–Crippen MR) is 90.6 cm³/mol. The van der Waals surface area contributed by atoms with Gasteiger partial charge in [-0.05, 0) is 73.4 Å². The maximum Gasteiger partial charge on any atom is 0.00491 e. The van der Waals surface area contributed by atoms with Gasteiger partial charge in [-0.25, -0.2) is 0 Å². The van der Waals surface area contributed by atoms with Crippen LogP contribution in [-0.4, -0.2) is 12.6 Å². The number of rotatable bonds is 5. The van der Waals surface area contributed by atoms with Crippen molar-refractivity contribution in [3.8, 4) is 0 Å². The molecule has 1 saturated carbocycles. The first kappa shape index (κ1) is 16.0. The molecule has 0 bridgehead atoms. The van der Waals surface area contributed by atoms with Gasteiger partial charge in [-0.15, -0.1) is 11.3 Å². The van der Waals surface area contributed by atoms with E-state index in [4.69, 9.17) is 0 Å². The standard InChI is InChI=1S/C18H31NS/c1-12(2)15-6-7-16(11-19-13(3)4)18(10-15)17-8-9-20-14(17)5/h8-9,12-13,15-16,18-19H,6-7,10-11H2,1-5H3. The Kier molecular flexibility index (Phi) is 5.68. The Hall–Kier alpha value is -0.340. The van der Waals surface area contributed by atoms with Crippen LogP contribution in [0.15, 0.2) is 11.4 Å². The average molecular weight is 294 g/mol. The molecule has 3 atom stereocenters. The summed E-state index contributed by atoms with van der Waals surface area (Å²) in [4.78, 5) is 1.54. The average Bonchev–Trinajstić information content (AvgIpc) is 2.82. The summed E-state index contributed by atoms with van der Waals surface area (Å²) >= 11 is 1.91. The van der Waals surface area contributed by atoms with Gasteiger partial charge in [0.2, 0.25) is 0 Å². The van der Waals surface area contributed by atoms with E-state index in [-0.39, 0.29) is 0 Å². The molecule has 3 unspecified atom stereocenters. The Bertz CT molecular complexity index is 407. The highest BCUT2D eigenvalue weighted by Gasteiger charge is 2.33. The quantitative estimate of drug-likeness (QED) is 0.785. The van der Waals surface area contributed by atoms with E-state index in [9.17, 15) is 0 Å². The summed E-state index contributed by atoms with van der Waals surface area (Å²) in [6, 6.07) is 2.98. The van der Waals surface area contributed by atoms with Gasteiger partial charge in [-0.3, -0.25) is 0 Å². The van der Waals surface area contributed by atoms with Gasteiger partial charge in [0.15, 0.2) is 0 Å². The second kappa shape index (κ2) is 7.09. The SMILES string of the molecule is Cc1sccc1C1CC(C(C)C)CCC1CNC(C)C. The summed E-state index contributed by atoms with van der Waals surface area (Å²) in [5, 5.41) is 5.95. The zero-order chi connectivity index (χ0) is 14.7. The lowest BCUT2D eigenvalue weighted by Gasteiger charge is -2.38. The molecule has 2 heteroatoms. The highest BCUT2D eigenvalue weighted by Crippen LogP contribution is 2.44. The number of thiophene rings is 1. The fourth-order valence-corrected chi connectivity index (χ4v) is 4.44. The molecule has 0 saturated heterocycles. The third kappa shape index (κ3) is 3.85. The van der Waals surface area contributed by atoms with Crippen LogP contribution in [0.3, 0.4) is 0 Å². The van der Waals surface area contributed by atoms with Crippen molar-refractivity contribution in [1.29, 1.82) is 0 Å². The first-order valence-corrected chi connectivity index (χ1v) is 9.14. The zero-order valence-electron chi connectivity index (χ0n) is 13.8. The van der Waals surface area contributed by atoms with Crippen LogP contribution in [0.4, 0.5) is 0 Å². The van der Waals surface area contributed by atoms with E-state index < -0.39 is 0 Å². The van der Waals surface area contributed by atoms with E-state index in [1.54, 1.807) is 5.56 Å². The highest BCUT2D eigenvalue weighted by molar-refractivity contribution is 7.10. The first-order valence-electron chi connectivity index (χ1n) is 8.26. The molecule has 0 spiro atoms. The molecule has 1 aliphatic rings. The highest BCUT2D eigenvalue weighted by atomic mass is 32.1. The summed E-state index contributed by atoms with van der Waals surface area (Å²) < 4.78 is 0. The van der Waals surface area contributed by atoms with Crippen LogP contribution in [0.25, 0.3) is 0 Å². The van der Waals surface area contributed by atoms with Crippen LogP contribution in [0.1, 0.15) is 63.3 Å². The van der Waals surface area contributed by atoms with Crippen molar-refractivity contribution in [3.63, 3.8) is 0 Å². The molecule has 0 aromatic carbocycles. The minimum Gasteiger partial charge on any atom is -0.314 e. The Morgan fingerprint density at radius 3 is 2.55 bits per heavy atom. The van der Waals surface area contributed by atoms with Crippen LogP contribution < -0.4 is 5.32 Å². The van der Waals surface area contributed by atoms with Crippen molar-refractivity contribution in [2.75, 3.05) is 6.54 Å². The number of aryl methyl sites for hydroxylation is 1. The van der Waals surface area contributed by atoms with Crippen molar-refractivity contribution in [1.82, 2.24) is 5.32 Å². The second-order valence-electron chi connectivity index (χ2n) is 7.18. The third-order valence-electron chi connectivity index (χ3n) is 5.06. The van der Waals surface area contributed by atoms with Gasteiger partial charge in [-0.1, -0.05) is 27.7 Å². The molecule has 0 radical (unpaired) electrons. The van der Waals surface area contributed by atoms with Crippen molar-refractivity contribution in [3.05, 3.63) is 21.9 Å². The molecule has 20 heavy (non-hydrogen) atoms. The molecule has 1 aromatic rings. The lowest BCUT2D eigenvalue weighted by atomic mass is 9.68. The molecular formula is C18H31NS. The Labute approximate surface area is 129 Å². The van der Waals surface area contributed by atoms with Crippen molar-refractivity contribution >= 4 is 11.3 Å². The molecule has 114 valence electrons. The van der Waals surface area contributed by atoms with E-state index >= 15 is 0 Å². The molecule has 2 rings (SSSR count). The van der Waals surface area contributed by atoms with Gasteiger partial charge in [0, 0.05) is 10.9 Å². The molecular weight excluding hydrogens is 262 g/mol. The fraction of sp³-hybridized carbons (Fsp3) is 0.778. The summed E-state index contributed by atoms with van der Waals surface area (Å²) in [5.74, 6) is 3.33. The van der Waals surface area contributed by atoms with E-state index in [1.165, 1.54) is 30.7 Å². The summed E-state index contributed by atoms with van der Waals surface area (Å²) in [6.07, 6.45) is 4.20. The number of hydrogen-bond donors (Lipinski definition) is 1. The van der Waals surface area contributed by atoms with E-state index in [1.807, 2.05) is 11.3 Å². The molecule has 1 fully saturated rings. The molecule has 1 aliphatic carbocycles. The summed E-state index contributed by atoms with van der Waals surface area (Å²) in [7, 11) is 0. The lowest BCUT2D eigenvalue weighted by Crippen LogP contribution is -2.36. The summed E-state index contributed by atoms with van der Waals surface area (Å²) in [6.45, 7) is 12.8. The van der Waals surface area contributed by atoms with Gasteiger partial charge in [-0.2, -0.15) is 0 Å². The van der Waals surface area contributed by atoms with Crippen molar-refractivity contribution in [2.24, 2.45) is 17.8 Å². The van der Waals surface area contributed by atoms with E-state index in [2.05, 4.69) is 51.4 Å². The number of nitrogens with one attached hydrogen (secondary N) is 1. The van der Waals surface area contributed by atoms with E-state index in [0.29, 0.717) is 6.04 Å². The second-order valence-corrected chi connectivity index (χ2v) is 8.30. The molecule has 0 aliphatic heterocycles. The van der Waals surface area contributed by atoms with Gasteiger partial charge in [0.1, 0.15) is 0 Å². The smallest absolute Gasteiger partial charge is 0.00491 e. The van der Waals surface area contributed by atoms with Gasteiger partial charge >= 0.3 is 0 Å². The minimum absolute atomic E-state index is 0.599. The molecule has 1 nitrogen and oxygen atoms in total. The topological polar surface area (TPSA) is 12.0 Å². The van der Waals surface area contributed by atoms with Gasteiger partial charge in [0.25, 0.3) is 0 Å². The first-order chi connectivity index (χ1) is 9.49. The van der Waals surface area contributed by atoms with Crippen LogP contribution in [0, 0.1) is 24.7 Å². The minimum atomic E-state index is 0.599. The zero-order valence-corrected chi connectivity index (χ0v) is 14.6. The normalized spacial score (nSPS) is 27.4. The molecule has 1 heterocycles. The summed E-state index contributed by atoms with van der Waals surface area (Å²) in [5.41, 5.74) is 1.64. The van der Waals surface area contributed by atoms with Crippen LogP contribution in [0.5, 0.6) is 0 Å². The van der Waals surface area contributed by atoms with Crippen molar-refractivity contribution < 1.29 is 0 Å². The lowest BCUT2D eigenvalue weighted by molar-refractivity contribution is 0.188. The Morgan fingerprint density at radius 1 is 1.25 bits per heavy atom. The van der Waals surface area contributed by atoms with Gasteiger partial charge in [0.05, 0.1) is 0 Å². The Morgan fingerprint density at radius 2 is 2.00 bits per heavy atom. The third-order valence-corrected chi connectivity index (χ3v) is 5.92. The molecule has 1 N–H and O–H groups in total. The maximum absolute atomic E-state index is 3.67. The van der Waals surface area contributed by atoms with Crippen molar-refractivity contribution in [2.45, 2.75) is 65.8 Å². The van der Waals surface area contributed by atoms with E-state index in [0.717, 1.165) is 23.7 Å².